The first-order valence-corrected chi connectivity index (χ1v) is 6.90. The molecule has 0 fully saturated rings. The van der Waals surface area contributed by atoms with Gasteiger partial charge in [0.15, 0.2) is 0 Å². The van der Waals surface area contributed by atoms with E-state index in [1.807, 2.05) is 11.4 Å². The summed E-state index contributed by atoms with van der Waals surface area (Å²) in [7, 11) is 0. The number of aryl methyl sites for hydroxylation is 1. The van der Waals surface area contributed by atoms with Crippen molar-refractivity contribution >= 4 is 28.6 Å². The Labute approximate surface area is 115 Å². The summed E-state index contributed by atoms with van der Waals surface area (Å²) in [6.45, 7) is 0. The van der Waals surface area contributed by atoms with E-state index in [1.54, 1.807) is 17.4 Å². The van der Waals surface area contributed by atoms with Crippen LogP contribution in [0.1, 0.15) is 17.7 Å². The maximum absolute atomic E-state index is 13.1. The molecule has 0 unspecified atom stereocenters. The maximum Gasteiger partial charge on any atom is 0.224 e. The average molecular weight is 278 g/mol. The van der Waals surface area contributed by atoms with Crippen molar-refractivity contribution in [3.8, 4) is 0 Å². The Morgan fingerprint density at radius 2 is 2.21 bits per heavy atom. The van der Waals surface area contributed by atoms with Crippen molar-refractivity contribution in [2.24, 2.45) is 0 Å². The Hall–Kier alpha value is -1.88. The number of benzene rings is 1. The van der Waals surface area contributed by atoms with Crippen LogP contribution in [0.25, 0.3) is 0 Å². The molecule has 5 heteroatoms. The second-order valence-corrected chi connectivity index (χ2v) is 5.29. The summed E-state index contributed by atoms with van der Waals surface area (Å²) in [5, 5.41) is 4.67. The van der Waals surface area contributed by atoms with Crippen LogP contribution in [0.15, 0.2) is 35.7 Å². The predicted octanol–water partition coefficient (Wildman–Crippen LogP) is 3.43. The number of nitrogen functional groups attached to an aromatic ring is 1. The fraction of sp³-hybridized carbons (Fsp3) is 0.214. The van der Waals surface area contributed by atoms with Crippen LogP contribution in [0.2, 0.25) is 0 Å². The molecule has 0 bridgehead atoms. The second kappa shape index (κ2) is 6.33. The number of amides is 1. The van der Waals surface area contributed by atoms with Crippen molar-refractivity contribution < 1.29 is 9.18 Å². The third-order valence-electron chi connectivity index (χ3n) is 2.61. The highest BCUT2D eigenvalue weighted by Gasteiger charge is 2.05. The summed E-state index contributed by atoms with van der Waals surface area (Å²) in [5.41, 5.74) is 6.21. The van der Waals surface area contributed by atoms with E-state index in [1.165, 1.54) is 17.0 Å². The highest BCUT2D eigenvalue weighted by atomic mass is 32.1. The normalized spacial score (nSPS) is 10.4. The van der Waals surface area contributed by atoms with E-state index in [0.717, 1.165) is 12.8 Å². The molecule has 0 atom stereocenters. The van der Waals surface area contributed by atoms with Gasteiger partial charge in [0.05, 0.1) is 0 Å². The molecule has 100 valence electrons. The number of hydrogen-bond donors (Lipinski definition) is 2. The standard InChI is InChI=1S/C14H15FN2OS/c15-10-7-11(16)9-12(8-10)17-14(18)5-1-3-13-4-2-6-19-13/h2,4,6-9H,1,3,5,16H2,(H,17,18). The molecule has 1 aromatic heterocycles. The van der Waals surface area contributed by atoms with Crippen molar-refractivity contribution in [1.82, 2.24) is 0 Å². The van der Waals surface area contributed by atoms with Crippen molar-refractivity contribution in [2.45, 2.75) is 19.3 Å². The first kappa shape index (κ1) is 13.5. The molecule has 2 rings (SSSR count). The highest BCUT2D eigenvalue weighted by Crippen LogP contribution is 2.16. The molecular weight excluding hydrogens is 263 g/mol. The zero-order chi connectivity index (χ0) is 13.7. The lowest BCUT2D eigenvalue weighted by atomic mass is 10.2. The summed E-state index contributed by atoms with van der Waals surface area (Å²) in [4.78, 5) is 13.0. The lowest BCUT2D eigenvalue weighted by Gasteiger charge is -2.06. The molecule has 1 amide bonds. The number of halogens is 1. The highest BCUT2D eigenvalue weighted by molar-refractivity contribution is 7.09. The van der Waals surface area contributed by atoms with E-state index >= 15 is 0 Å². The molecule has 0 radical (unpaired) electrons. The first-order chi connectivity index (χ1) is 9.13. The van der Waals surface area contributed by atoms with Crippen molar-refractivity contribution in [3.63, 3.8) is 0 Å². The van der Waals surface area contributed by atoms with E-state index in [9.17, 15) is 9.18 Å². The fourth-order valence-corrected chi connectivity index (χ4v) is 2.54. The molecule has 1 heterocycles. The molecule has 0 spiro atoms. The minimum atomic E-state index is -0.450. The van der Waals surface area contributed by atoms with Crippen LogP contribution in [0.5, 0.6) is 0 Å². The second-order valence-electron chi connectivity index (χ2n) is 4.25. The van der Waals surface area contributed by atoms with Gasteiger partial charge in [-0.2, -0.15) is 0 Å². The van der Waals surface area contributed by atoms with E-state index in [-0.39, 0.29) is 5.91 Å². The van der Waals surface area contributed by atoms with Gasteiger partial charge in [0.1, 0.15) is 5.82 Å². The number of nitrogens with one attached hydrogen (secondary N) is 1. The topological polar surface area (TPSA) is 55.1 Å². The summed E-state index contributed by atoms with van der Waals surface area (Å²) in [6.07, 6.45) is 2.07. The molecule has 0 aliphatic carbocycles. The van der Waals surface area contributed by atoms with Gasteiger partial charge in [-0.25, -0.2) is 4.39 Å². The zero-order valence-corrected chi connectivity index (χ0v) is 11.2. The number of rotatable bonds is 5. The molecule has 3 N–H and O–H groups in total. The number of carbonyl (C=O) groups is 1. The first-order valence-electron chi connectivity index (χ1n) is 6.02. The molecule has 19 heavy (non-hydrogen) atoms. The number of anilines is 2. The Kier molecular flexibility index (Phi) is 4.52. The van der Waals surface area contributed by atoms with Crippen molar-refractivity contribution in [2.75, 3.05) is 11.1 Å². The van der Waals surface area contributed by atoms with Gasteiger partial charge in [-0.3, -0.25) is 4.79 Å². The van der Waals surface area contributed by atoms with Crippen molar-refractivity contribution in [1.29, 1.82) is 0 Å². The number of thiophene rings is 1. The monoisotopic (exact) mass is 278 g/mol. The number of hydrogen-bond acceptors (Lipinski definition) is 3. The van der Waals surface area contributed by atoms with Gasteiger partial charge in [0.25, 0.3) is 0 Å². The van der Waals surface area contributed by atoms with Crippen molar-refractivity contribution in [3.05, 3.63) is 46.4 Å². The Balaban J connectivity index is 1.80. The third kappa shape index (κ3) is 4.37. The van der Waals surface area contributed by atoms with Crippen LogP contribution in [0.4, 0.5) is 15.8 Å². The van der Waals surface area contributed by atoms with Gasteiger partial charge in [0, 0.05) is 22.7 Å². The van der Waals surface area contributed by atoms with Crippen LogP contribution < -0.4 is 11.1 Å². The van der Waals surface area contributed by atoms with Gasteiger partial charge < -0.3 is 11.1 Å². The Bertz CT molecular complexity index is 534. The number of carbonyl (C=O) groups excluding carboxylic acids is 1. The zero-order valence-electron chi connectivity index (χ0n) is 10.4. The van der Waals surface area contributed by atoms with Crippen LogP contribution in [0.3, 0.4) is 0 Å². The number of nitrogens with two attached hydrogens (primary N) is 1. The third-order valence-corrected chi connectivity index (χ3v) is 3.55. The van der Waals surface area contributed by atoms with Crippen LogP contribution in [0, 0.1) is 5.82 Å². The van der Waals surface area contributed by atoms with Gasteiger partial charge in [-0.15, -0.1) is 11.3 Å². The molecule has 0 aliphatic rings. The van der Waals surface area contributed by atoms with Crippen LogP contribution in [-0.2, 0) is 11.2 Å². The summed E-state index contributed by atoms with van der Waals surface area (Å²) < 4.78 is 13.1. The molecular formula is C14H15FN2OS. The lowest BCUT2D eigenvalue weighted by molar-refractivity contribution is -0.116. The largest absolute Gasteiger partial charge is 0.399 e. The molecule has 0 saturated heterocycles. The van der Waals surface area contributed by atoms with E-state index in [2.05, 4.69) is 11.4 Å². The molecule has 2 aromatic rings. The summed E-state index contributed by atoms with van der Waals surface area (Å²) in [6, 6.07) is 8.06. The SMILES string of the molecule is Nc1cc(F)cc(NC(=O)CCCc2cccs2)c1. The van der Waals surface area contributed by atoms with E-state index < -0.39 is 5.82 Å². The minimum Gasteiger partial charge on any atom is -0.399 e. The smallest absolute Gasteiger partial charge is 0.224 e. The van der Waals surface area contributed by atoms with Crippen LogP contribution in [-0.4, -0.2) is 5.91 Å². The molecule has 0 aliphatic heterocycles. The maximum atomic E-state index is 13.1. The average Bonchev–Trinajstić information content (AvgIpc) is 2.80. The Morgan fingerprint density at radius 1 is 1.37 bits per heavy atom. The molecule has 3 nitrogen and oxygen atoms in total. The van der Waals surface area contributed by atoms with E-state index in [4.69, 9.17) is 5.73 Å². The molecule has 0 saturated carbocycles. The van der Waals surface area contributed by atoms with Gasteiger partial charge in [-0.05, 0) is 42.5 Å². The fourth-order valence-electron chi connectivity index (χ4n) is 1.79. The van der Waals surface area contributed by atoms with Gasteiger partial charge in [-0.1, -0.05) is 6.07 Å². The Morgan fingerprint density at radius 3 is 2.89 bits per heavy atom. The van der Waals surface area contributed by atoms with Gasteiger partial charge in [0.2, 0.25) is 5.91 Å². The van der Waals surface area contributed by atoms with E-state index in [0.29, 0.717) is 17.8 Å². The minimum absolute atomic E-state index is 0.124. The predicted molar refractivity (Wildman–Crippen MR) is 76.7 cm³/mol. The lowest BCUT2D eigenvalue weighted by Crippen LogP contribution is -2.11. The molecule has 1 aromatic carbocycles. The summed E-state index contributed by atoms with van der Waals surface area (Å²) >= 11 is 1.68. The van der Waals surface area contributed by atoms with Gasteiger partial charge >= 0.3 is 0 Å². The quantitative estimate of drug-likeness (QED) is 0.823. The summed E-state index contributed by atoms with van der Waals surface area (Å²) in [5.74, 6) is -0.574. The van der Waals surface area contributed by atoms with Crippen LogP contribution >= 0.6 is 11.3 Å².